The van der Waals surface area contributed by atoms with Crippen molar-refractivity contribution in [1.29, 1.82) is 0 Å². The summed E-state index contributed by atoms with van der Waals surface area (Å²) in [6.07, 6.45) is 7.88. The molecule has 1 aromatic carbocycles. The lowest BCUT2D eigenvalue weighted by molar-refractivity contribution is -0.998. The highest BCUT2D eigenvalue weighted by Crippen LogP contribution is 2.31. The van der Waals surface area contributed by atoms with Gasteiger partial charge in [-0.3, -0.25) is 0 Å². The van der Waals surface area contributed by atoms with Gasteiger partial charge in [0.1, 0.15) is 25.7 Å². The van der Waals surface area contributed by atoms with Crippen molar-refractivity contribution in [2.45, 2.75) is 38.4 Å². The number of rotatable bonds is 5. The van der Waals surface area contributed by atoms with Gasteiger partial charge in [0.25, 0.3) is 0 Å². The standard InChI is InChI=1S/C22H29N3O2.3C2H2O4/c1-26-21-12-18-7-11-25(15-19(18)13-22(21)27-2)20-4-3-10-24(16-20)14-17-5-8-23-9-6-17;3*3-1(4)2(5)6/h5-6,8-9,12-13,20H,3-4,7,10-11,14-16H2,1-2H3;3*(H,3,4)(H,5,6). The van der Waals surface area contributed by atoms with E-state index < -0.39 is 35.8 Å². The minimum Gasteiger partial charge on any atom is -0.539 e. The van der Waals surface area contributed by atoms with E-state index in [0.29, 0.717) is 0 Å². The van der Waals surface area contributed by atoms with E-state index in [-0.39, 0.29) is 0 Å². The number of quaternary nitrogens is 2. The number of methoxy groups -OCH3 is 2. The van der Waals surface area contributed by atoms with Crippen LogP contribution < -0.4 is 39.6 Å². The Hall–Kier alpha value is -5.29. The Morgan fingerprint density at radius 3 is 1.73 bits per heavy atom. The van der Waals surface area contributed by atoms with Crippen LogP contribution in [-0.2, 0) is 48.3 Å². The van der Waals surface area contributed by atoms with Gasteiger partial charge in [-0.15, -0.1) is 0 Å². The first-order chi connectivity index (χ1) is 21.2. The van der Waals surface area contributed by atoms with Gasteiger partial charge in [-0.25, -0.2) is 19.4 Å². The van der Waals surface area contributed by atoms with Gasteiger partial charge in [-0.1, -0.05) is 0 Å². The number of carboxylic acid groups (broad SMARTS) is 6. The van der Waals surface area contributed by atoms with Gasteiger partial charge in [0.2, 0.25) is 0 Å². The number of hydrogen-bond donors (Lipinski definition) is 5. The Morgan fingerprint density at radius 1 is 0.822 bits per heavy atom. The number of carbonyl (C=O) groups excluding carboxylic acids is 3. The number of pyridine rings is 1. The molecular weight excluding hydrogens is 602 g/mol. The highest BCUT2D eigenvalue weighted by atomic mass is 16.5. The molecule has 2 aliphatic rings. The maximum Gasteiger partial charge on any atom is 0.351 e. The number of likely N-dealkylation sites (tertiary alicyclic amines) is 1. The maximum atomic E-state index is 9.04. The molecule has 3 heterocycles. The molecule has 0 saturated carbocycles. The van der Waals surface area contributed by atoms with Gasteiger partial charge in [-0.2, -0.15) is 0 Å². The summed E-state index contributed by atoms with van der Waals surface area (Å²) in [6.45, 7) is 6.04. The summed E-state index contributed by atoms with van der Waals surface area (Å²) in [5.74, 6) is -10.3. The zero-order valence-electron chi connectivity index (χ0n) is 24.5. The third kappa shape index (κ3) is 13.7. The molecule has 1 saturated heterocycles. The van der Waals surface area contributed by atoms with Crippen LogP contribution in [0.5, 0.6) is 11.5 Å². The molecule has 0 aliphatic carbocycles. The van der Waals surface area contributed by atoms with Crippen molar-refractivity contribution < 1.29 is 83.7 Å². The van der Waals surface area contributed by atoms with E-state index in [0.717, 1.165) is 37.1 Å². The van der Waals surface area contributed by atoms with Crippen LogP contribution in [-0.4, -0.2) is 91.0 Å². The number of aromatic nitrogens is 1. The van der Waals surface area contributed by atoms with Crippen LogP contribution in [0.4, 0.5) is 0 Å². The second-order valence-electron chi connectivity index (χ2n) is 9.72. The molecule has 3 unspecified atom stereocenters. The minimum atomic E-state index is -2.07. The number of benzene rings is 1. The molecule has 2 aliphatic heterocycles. The average Bonchev–Trinajstić information content (AvgIpc) is 3.01. The van der Waals surface area contributed by atoms with Gasteiger partial charge in [0, 0.05) is 42.5 Å². The number of piperidine rings is 1. The molecule has 2 aromatic rings. The van der Waals surface area contributed by atoms with Crippen LogP contribution in [0, 0.1) is 0 Å². The summed E-state index contributed by atoms with van der Waals surface area (Å²) in [6, 6.07) is 9.54. The van der Waals surface area contributed by atoms with Gasteiger partial charge in [0.05, 0.1) is 27.3 Å². The largest absolute Gasteiger partial charge is 0.539 e. The molecule has 246 valence electrons. The van der Waals surface area contributed by atoms with E-state index in [9.17, 15) is 0 Å². The molecule has 17 nitrogen and oxygen atoms in total. The highest BCUT2D eigenvalue weighted by molar-refractivity contribution is 6.27. The molecule has 4 rings (SSSR count). The van der Waals surface area contributed by atoms with E-state index in [1.165, 1.54) is 49.2 Å². The topological polar surface area (TPSA) is 274 Å². The van der Waals surface area contributed by atoms with Crippen LogP contribution in [0.15, 0.2) is 36.7 Å². The highest BCUT2D eigenvalue weighted by Gasteiger charge is 2.34. The maximum absolute atomic E-state index is 9.04. The lowest BCUT2D eigenvalue weighted by Crippen LogP contribution is -3.24. The van der Waals surface area contributed by atoms with E-state index in [4.69, 9.17) is 68.9 Å². The summed E-state index contributed by atoms with van der Waals surface area (Å²) in [4.78, 5) is 60.7. The van der Waals surface area contributed by atoms with Gasteiger partial charge in [-0.05, 0) is 17.7 Å². The first kappa shape index (κ1) is 37.7. The number of fused-ring (bicyclic) bond motifs is 1. The van der Waals surface area contributed by atoms with Gasteiger partial charge in [0.15, 0.2) is 41.8 Å². The van der Waals surface area contributed by atoms with Crippen LogP contribution in [0.2, 0.25) is 0 Å². The van der Waals surface area contributed by atoms with E-state index in [1.807, 2.05) is 12.4 Å². The molecule has 1 fully saturated rings. The summed E-state index contributed by atoms with van der Waals surface area (Å²) in [7, 11) is 3.44. The van der Waals surface area contributed by atoms with E-state index in [1.54, 1.807) is 24.0 Å². The van der Waals surface area contributed by atoms with Crippen molar-refractivity contribution in [2.24, 2.45) is 0 Å². The lowest BCUT2D eigenvalue weighted by atomic mass is 9.95. The second kappa shape index (κ2) is 19.1. The van der Waals surface area contributed by atoms with Crippen LogP contribution >= 0.6 is 0 Å². The molecule has 6 N–H and O–H groups in total. The zero-order chi connectivity index (χ0) is 34.1. The number of carbonyl (C=O) groups is 6. The molecule has 17 heteroatoms. The quantitative estimate of drug-likeness (QED) is 0.191. The number of aromatic amines is 1. The first-order valence-electron chi connectivity index (χ1n) is 13.4. The fourth-order valence-corrected chi connectivity index (χ4v) is 4.83. The monoisotopic (exact) mass is 637 g/mol. The molecule has 45 heavy (non-hydrogen) atoms. The third-order valence-corrected chi connectivity index (χ3v) is 6.80. The minimum absolute atomic E-state index is 0.755. The predicted molar refractivity (Wildman–Crippen MR) is 141 cm³/mol. The van der Waals surface area contributed by atoms with E-state index >= 15 is 0 Å². The van der Waals surface area contributed by atoms with Crippen molar-refractivity contribution >= 4 is 35.8 Å². The summed E-state index contributed by atoms with van der Waals surface area (Å²) in [5.41, 5.74) is 4.29. The number of carboxylic acids is 6. The van der Waals surface area contributed by atoms with Crippen molar-refractivity contribution in [3.63, 3.8) is 0 Å². The SMILES string of the molecule is COc1cc2c(cc1OC)C[NH+](C1CCC[NH+](Cc3cc[nH+]cc3)C1)CC2.O=C([O-])C(=O)O.O=C([O-])C(=O)O.O=C([O-])C(=O)O. The number of aliphatic carboxylic acids is 6. The Bertz CT molecular complexity index is 1240. The number of ether oxygens (including phenoxy) is 2. The molecule has 0 bridgehead atoms. The summed E-state index contributed by atoms with van der Waals surface area (Å²) in [5, 5.41) is 49.0. The lowest BCUT2D eigenvalue weighted by Gasteiger charge is -2.37. The first-order valence-corrected chi connectivity index (χ1v) is 13.4. The Morgan fingerprint density at radius 2 is 1.29 bits per heavy atom. The van der Waals surface area contributed by atoms with Crippen molar-refractivity contribution in [2.75, 3.05) is 33.9 Å². The molecule has 1 aromatic heterocycles. The molecule has 0 amide bonds. The average molecular weight is 638 g/mol. The fourth-order valence-electron chi connectivity index (χ4n) is 4.83. The Kier molecular flexibility index (Phi) is 16.0. The number of H-pyrrole nitrogens is 1. The fraction of sp³-hybridized carbons (Fsp3) is 0.393. The molecule has 3 atom stereocenters. The zero-order valence-corrected chi connectivity index (χ0v) is 24.5. The van der Waals surface area contributed by atoms with E-state index in [2.05, 4.69) is 29.2 Å². The number of nitrogens with one attached hydrogen (secondary N) is 3. The second-order valence-corrected chi connectivity index (χ2v) is 9.72. The predicted octanol–water partition coefficient (Wildman–Crippen LogP) is -6.83. The molecule has 0 radical (unpaired) electrons. The van der Waals surface area contributed by atoms with Gasteiger partial charge < -0.3 is 64.3 Å². The van der Waals surface area contributed by atoms with Gasteiger partial charge >= 0.3 is 17.9 Å². The summed E-state index contributed by atoms with van der Waals surface area (Å²) >= 11 is 0. The summed E-state index contributed by atoms with van der Waals surface area (Å²) < 4.78 is 11.0. The van der Waals surface area contributed by atoms with Crippen LogP contribution in [0.1, 0.15) is 29.5 Å². The molecule has 0 spiro atoms. The number of hydrogen-bond acceptors (Lipinski definition) is 11. The van der Waals surface area contributed by atoms with Crippen molar-refractivity contribution in [1.82, 2.24) is 0 Å². The normalized spacial score (nSPS) is 17.9. The van der Waals surface area contributed by atoms with Crippen LogP contribution in [0.3, 0.4) is 0 Å². The van der Waals surface area contributed by atoms with Crippen molar-refractivity contribution in [3.05, 3.63) is 53.3 Å². The molecular formula is C28H35N3O14. The smallest absolute Gasteiger partial charge is 0.351 e. The Balaban J connectivity index is 0.000000462. The van der Waals surface area contributed by atoms with Crippen molar-refractivity contribution in [3.8, 4) is 11.5 Å². The third-order valence-electron chi connectivity index (χ3n) is 6.80. The van der Waals surface area contributed by atoms with Crippen LogP contribution in [0.25, 0.3) is 0 Å². The Labute approximate surface area is 256 Å².